The summed E-state index contributed by atoms with van der Waals surface area (Å²) in [6.07, 6.45) is 4.36. The maximum Gasteiger partial charge on any atom is 0.159 e. The van der Waals surface area contributed by atoms with Gasteiger partial charge in [-0.1, -0.05) is 25.5 Å². The van der Waals surface area contributed by atoms with Crippen LogP contribution in [0.4, 0.5) is 0 Å². The van der Waals surface area contributed by atoms with Crippen molar-refractivity contribution in [2.45, 2.75) is 51.7 Å². The smallest absolute Gasteiger partial charge is 0.159 e. The molecule has 1 aliphatic rings. The molecule has 0 radical (unpaired) electrons. The summed E-state index contributed by atoms with van der Waals surface area (Å²) in [5.74, 6) is 0.655. The molecule has 22 heavy (non-hydrogen) atoms. The van der Waals surface area contributed by atoms with Crippen LogP contribution in [0.15, 0.2) is 24.3 Å². The molecule has 1 saturated heterocycles. The minimum absolute atomic E-state index is 0.0186. The van der Waals surface area contributed by atoms with Crippen LogP contribution in [0.25, 0.3) is 0 Å². The number of carbonyl (C=O) groups excluding carboxylic acids is 1. The van der Waals surface area contributed by atoms with Gasteiger partial charge in [-0.15, -0.1) is 0 Å². The predicted molar refractivity (Wildman–Crippen MR) is 87.5 cm³/mol. The SMILES string of the molecule is CCC1CCCCN1CC(O)COc1cccc(C(C)=O)c1. The van der Waals surface area contributed by atoms with E-state index in [2.05, 4.69) is 11.8 Å². The van der Waals surface area contributed by atoms with Gasteiger partial charge < -0.3 is 9.84 Å². The van der Waals surface area contributed by atoms with E-state index in [9.17, 15) is 9.90 Å². The van der Waals surface area contributed by atoms with Crippen LogP contribution >= 0.6 is 0 Å². The number of hydrogen-bond acceptors (Lipinski definition) is 4. The average Bonchev–Trinajstić information content (AvgIpc) is 2.53. The molecule has 1 heterocycles. The molecule has 1 N–H and O–H groups in total. The van der Waals surface area contributed by atoms with Gasteiger partial charge in [-0.3, -0.25) is 9.69 Å². The Morgan fingerprint density at radius 1 is 1.45 bits per heavy atom. The van der Waals surface area contributed by atoms with Crippen LogP contribution in [-0.2, 0) is 0 Å². The van der Waals surface area contributed by atoms with E-state index in [0.717, 1.165) is 13.0 Å². The van der Waals surface area contributed by atoms with Gasteiger partial charge in [0.1, 0.15) is 18.5 Å². The summed E-state index contributed by atoms with van der Waals surface area (Å²) in [5.41, 5.74) is 0.633. The van der Waals surface area contributed by atoms with Gasteiger partial charge in [0.2, 0.25) is 0 Å². The number of nitrogens with zero attached hydrogens (tertiary/aromatic N) is 1. The van der Waals surface area contributed by atoms with E-state index in [1.54, 1.807) is 18.2 Å². The van der Waals surface area contributed by atoms with E-state index in [1.807, 2.05) is 6.07 Å². The number of Topliss-reactive ketones (excluding diaryl/α,β-unsaturated/α-hetero) is 1. The van der Waals surface area contributed by atoms with Gasteiger partial charge >= 0.3 is 0 Å². The molecule has 2 unspecified atom stereocenters. The summed E-state index contributed by atoms with van der Waals surface area (Å²) in [6.45, 7) is 5.73. The Bertz CT molecular complexity index is 489. The Hall–Kier alpha value is -1.39. The first kappa shape index (κ1) is 17.0. The van der Waals surface area contributed by atoms with Gasteiger partial charge in [0.05, 0.1) is 0 Å². The number of ether oxygens (including phenoxy) is 1. The third-order valence-electron chi connectivity index (χ3n) is 4.35. The standard InChI is InChI=1S/C18H27NO3/c1-3-16-8-4-5-10-19(16)12-17(21)13-22-18-9-6-7-15(11-18)14(2)20/h6-7,9,11,16-17,21H,3-5,8,10,12-13H2,1-2H3. The zero-order chi connectivity index (χ0) is 15.9. The summed E-state index contributed by atoms with van der Waals surface area (Å²) < 4.78 is 5.64. The highest BCUT2D eigenvalue weighted by molar-refractivity contribution is 5.94. The first-order valence-electron chi connectivity index (χ1n) is 8.26. The molecule has 1 aliphatic heterocycles. The van der Waals surface area contributed by atoms with Gasteiger partial charge in [0.15, 0.2) is 5.78 Å². The average molecular weight is 305 g/mol. The van der Waals surface area contributed by atoms with Crippen molar-refractivity contribution >= 4 is 5.78 Å². The van der Waals surface area contributed by atoms with Crippen LogP contribution in [-0.4, -0.2) is 47.6 Å². The highest BCUT2D eigenvalue weighted by atomic mass is 16.5. The minimum Gasteiger partial charge on any atom is -0.491 e. The van der Waals surface area contributed by atoms with Crippen molar-refractivity contribution in [2.75, 3.05) is 19.7 Å². The van der Waals surface area contributed by atoms with Gasteiger partial charge in [-0.2, -0.15) is 0 Å². The third kappa shape index (κ3) is 4.82. The lowest BCUT2D eigenvalue weighted by Gasteiger charge is -2.36. The molecule has 0 aromatic heterocycles. The second kappa shape index (κ2) is 8.30. The van der Waals surface area contributed by atoms with Crippen molar-refractivity contribution in [1.29, 1.82) is 0 Å². The van der Waals surface area contributed by atoms with Crippen LogP contribution < -0.4 is 4.74 Å². The molecule has 122 valence electrons. The fourth-order valence-corrected chi connectivity index (χ4v) is 3.08. The van der Waals surface area contributed by atoms with Crippen molar-refractivity contribution < 1.29 is 14.6 Å². The molecule has 4 nitrogen and oxygen atoms in total. The lowest BCUT2D eigenvalue weighted by molar-refractivity contribution is 0.0387. The molecule has 0 bridgehead atoms. The monoisotopic (exact) mass is 305 g/mol. The van der Waals surface area contributed by atoms with Crippen molar-refractivity contribution in [1.82, 2.24) is 4.90 Å². The quantitative estimate of drug-likeness (QED) is 0.787. The number of aliphatic hydroxyl groups is 1. The highest BCUT2D eigenvalue weighted by Crippen LogP contribution is 2.20. The summed E-state index contributed by atoms with van der Waals surface area (Å²) in [7, 11) is 0. The van der Waals surface area contributed by atoms with E-state index in [0.29, 0.717) is 23.9 Å². The Balaban J connectivity index is 1.83. The van der Waals surface area contributed by atoms with E-state index in [1.165, 1.54) is 26.2 Å². The number of β-amino-alcohol motifs (C(OH)–C–C–N with tert-alkyl or cyclic N) is 1. The lowest BCUT2D eigenvalue weighted by Crippen LogP contribution is -2.44. The van der Waals surface area contributed by atoms with Crippen LogP contribution in [0.2, 0.25) is 0 Å². The molecular weight excluding hydrogens is 278 g/mol. The Morgan fingerprint density at radius 2 is 2.27 bits per heavy atom. The molecule has 0 saturated carbocycles. The van der Waals surface area contributed by atoms with Crippen LogP contribution in [0.5, 0.6) is 5.75 Å². The second-order valence-electron chi connectivity index (χ2n) is 6.10. The van der Waals surface area contributed by atoms with Gasteiger partial charge in [0, 0.05) is 18.2 Å². The van der Waals surface area contributed by atoms with E-state index in [4.69, 9.17) is 4.74 Å². The molecule has 1 aromatic rings. The first-order chi connectivity index (χ1) is 10.6. The molecule has 0 aliphatic carbocycles. The van der Waals surface area contributed by atoms with Gasteiger partial charge in [-0.05, 0) is 44.9 Å². The number of rotatable bonds is 7. The summed E-state index contributed by atoms with van der Waals surface area (Å²) in [5, 5.41) is 10.2. The molecule has 1 aromatic carbocycles. The van der Waals surface area contributed by atoms with Crippen molar-refractivity contribution in [3.63, 3.8) is 0 Å². The van der Waals surface area contributed by atoms with Crippen LogP contribution in [0.3, 0.4) is 0 Å². The zero-order valence-corrected chi connectivity index (χ0v) is 13.6. The maximum atomic E-state index is 11.4. The number of carbonyl (C=O) groups is 1. The summed E-state index contributed by atoms with van der Waals surface area (Å²) >= 11 is 0. The van der Waals surface area contributed by atoms with E-state index in [-0.39, 0.29) is 12.4 Å². The Morgan fingerprint density at radius 3 is 3.00 bits per heavy atom. The molecule has 4 heteroatoms. The lowest BCUT2D eigenvalue weighted by atomic mass is 10.00. The molecule has 2 atom stereocenters. The number of benzene rings is 1. The molecule has 2 rings (SSSR count). The molecular formula is C18H27NO3. The summed E-state index contributed by atoms with van der Waals surface area (Å²) in [4.78, 5) is 13.7. The predicted octanol–water partition coefficient (Wildman–Crippen LogP) is 2.89. The fraction of sp³-hybridized carbons (Fsp3) is 0.611. The van der Waals surface area contributed by atoms with Crippen molar-refractivity contribution in [3.8, 4) is 5.75 Å². The normalized spacial score (nSPS) is 20.6. The number of hydrogen-bond donors (Lipinski definition) is 1. The maximum absolute atomic E-state index is 11.4. The molecule has 1 fully saturated rings. The minimum atomic E-state index is -0.506. The first-order valence-corrected chi connectivity index (χ1v) is 8.26. The summed E-state index contributed by atoms with van der Waals surface area (Å²) in [6, 6.07) is 7.70. The van der Waals surface area contributed by atoms with Gasteiger partial charge in [0.25, 0.3) is 0 Å². The number of piperidine rings is 1. The largest absolute Gasteiger partial charge is 0.491 e. The Labute approximate surface area is 133 Å². The highest BCUT2D eigenvalue weighted by Gasteiger charge is 2.23. The van der Waals surface area contributed by atoms with Crippen LogP contribution in [0.1, 0.15) is 49.9 Å². The van der Waals surface area contributed by atoms with Crippen LogP contribution in [0, 0.1) is 0 Å². The number of aliphatic hydroxyl groups excluding tert-OH is 1. The van der Waals surface area contributed by atoms with Crippen molar-refractivity contribution in [3.05, 3.63) is 29.8 Å². The fourth-order valence-electron chi connectivity index (χ4n) is 3.08. The van der Waals surface area contributed by atoms with E-state index < -0.39 is 6.10 Å². The van der Waals surface area contributed by atoms with Crippen molar-refractivity contribution in [2.24, 2.45) is 0 Å². The molecule has 0 amide bonds. The zero-order valence-electron chi connectivity index (χ0n) is 13.6. The number of ketones is 1. The third-order valence-corrected chi connectivity index (χ3v) is 4.35. The van der Waals surface area contributed by atoms with E-state index >= 15 is 0 Å². The topological polar surface area (TPSA) is 49.8 Å². The molecule has 0 spiro atoms. The Kier molecular flexibility index (Phi) is 6.40. The number of likely N-dealkylation sites (tertiary alicyclic amines) is 1. The second-order valence-corrected chi connectivity index (χ2v) is 6.10. The van der Waals surface area contributed by atoms with Gasteiger partial charge in [-0.25, -0.2) is 0 Å².